The molecule has 1 nitrogen and oxygen atoms in total. The maximum atomic E-state index is 3.91. The van der Waals surface area contributed by atoms with Crippen LogP contribution >= 0.6 is 11.3 Å². The molecule has 1 heterocycles. The second-order valence-corrected chi connectivity index (χ2v) is 2.03. The summed E-state index contributed by atoms with van der Waals surface area (Å²) in [6, 6.07) is 0. The van der Waals surface area contributed by atoms with E-state index in [9.17, 15) is 0 Å². The zero-order chi connectivity index (χ0) is 5.82. The third-order valence-corrected chi connectivity index (χ3v) is 1.32. The second kappa shape index (κ2) is 2.49. The fourth-order valence-corrected chi connectivity index (χ4v) is 0.864. The van der Waals surface area contributed by atoms with Gasteiger partial charge in [0.1, 0.15) is 0 Å². The molecule has 39 valence electrons. The van der Waals surface area contributed by atoms with Gasteiger partial charge in [-0.1, -0.05) is 5.92 Å². The largest absolute Gasteiger partial charge is 0.236 e. The van der Waals surface area contributed by atoms with Gasteiger partial charge in [-0.2, -0.15) is 0 Å². The molecule has 1 radical (unpaired) electrons. The Bertz CT molecular complexity index is 202. The summed E-state index contributed by atoms with van der Waals surface area (Å²) in [5.74, 6) is 5.25. The quantitative estimate of drug-likeness (QED) is 0.473. The Hall–Kier alpha value is -0.810. The minimum atomic E-state index is 0.833. The van der Waals surface area contributed by atoms with E-state index in [4.69, 9.17) is 0 Å². The van der Waals surface area contributed by atoms with Crippen molar-refractivity contribution < 1.29 is 0 Å². The van der Waals surface area contributed by atoms with Gasteiger partial charge in [0.2, 0.25) is 0 Å². The van der Waals surface area contributed by atoms with Gasteiger partial charge < -0.3 is 0 Å². The molecule has 8 heavy (non-hydrogen) atoms. The number of rotatable bonds is 0. The van der Waals surface area contributed by atoms with Crippen molar-refractivity contribution in [1.82, 2.24) is 4.98 Å². The fraction of sp³-hybridized carbons (Fsp3) is 0. The third-order valence-electron chi connectivity index (χ3n) is 0.628. The molecule has 1 rings (SSSR count). The summed E-state index contributed by atoms with van der Waals surface area (Å²) < 4.78 is 0. The Labute approximate surface area is 52.4 Å². The lowest BCUT2D eigenvalue weighted by atomic mass is 10.6. The van der Waals surface area contributed by atoms with E-state index in [1.54, 1.807) is 6.20 Å². The Balaban J connectivity index is 2.88. The highest BCUT2D eigenvalue weighted by Gasteiger charge is 1.82. The molecule has 0 amide bonds. The van der Waals surface area contributed by atoms with Gasteiger partial charge in [-0.05, 0) is 5.92 Å². The molecule has 0 aliphatic heterocycles. The van der Waals surface area contributed by atoms with Gasteiger partial charge in [0.05, 0.1) is 0 Å². The number of thiazole rings is 1. The highest BCUT2D eigenvalue weighted by atomic mass is 32.1. The number of hydrogen-bond acceptors (Lipinski definition) is 2. The van der Waals surface area contributed by atoms with E-state index < -0.39 is 0 Å². The molecule has 1 aromatic heterocycles. The molecule has 1 aromatic rings. The number of hydrogen-bond donors (Lipinski definition) is 0. The fourth-order valence-electron chi connectivity index (χ4n) is 0.361. The van der Waals surface area contributed by atoms with E-state index in [2.05, 4.69) is 23.7 Å². The molecule has 0 spiro atoms. The van der Waals surface area contributed by atoms with Crippen molar-refractivity contribution in [1.29, 1.82) is 0 Å². The molecule has 0 saturated carbocycles. The molecule has 0 unspecified atom stereocenters. The summed E-state index contributed by atoms with van der Waals surface area (Å²) in [5, 5.41) is 2.72. The van der Waals surface area contributed by atoms with E-state index >= 15 is 0 Å². The third kappa shape index (κ3) is 1.08. The van der Waals surface area contributed by atoms with Crippen molar-refractivity contribution in [2.24, 2.45) is 0 Å². The first-order valence-electron chi connectivity index (χ1n) is 2.11. The van der Waals surface area contributed by atoms with Crippen LogP contribution in [0.5, 0.6) is 0 Å². The molecule has 0 aliphatic carbocycles. The van der Waals surface area contributed by atoms with Crippen molar-refractivity contribution in [3.05, 3.63) is 23.5 Å². The normalized spacial score (nSPS) is 7.62. The molecule has 0 aromatic carbocycles. The number of nitrogens with zero attached hydrogens (tertiary/aromatic N) is 1. The summed E-state index contributed by atoms with van der Waals surface area (Å²) in [7, 11) is 0. The van der Waals surface area contributed by atoms with Crippen LogP contribution in [0.1, 0.15) is 5.01 Å². The lowest BCUT2D eigenvalue weighted by molar-refractivity contribution is 1.39. The highest BCUT2D eigenvalue weighted by molar-refractivity contribution is 7.10. The Morgan fingerprint density at radius 1 is 1.75 bits per heavy atom. The molecular weight excluding hydrogens is 118 g/mol. The molecule has 2 heteroatoms. The molecule has 0 N–H and O–H groups in total. The van der Waals surface area contributed by atoms with Crippen LogP contribution < -0.4 is 0 Å². The summed E-state index contributed by atoms with van der Waals surface area (Å²) in [6.45, 7) is 3.37. The van der Waals surface area contributed by atoms with Gasteiger partial charge in [0.15, 0.2) is 5.01 Å². The molecule has 0 atom stereocenters. The van der Waals surface area contributed by atoms with Crippen molar-refractivity contribution in [3.63, 3.8) is 0 Å². The lowest BCUT2D eigenvalue weighted by Crippen LogP contribution is -1.63. The van der Waals surface area contributed by atoms with Crippen molar-refractivity contribution in [2.45, 2.75) is 0 Å². The van der Waals surface area contributed by atoms with Gasteiger partial charge in [0.25, 0.3) is 0 Å². The summed E-state index contributed by atoms with van der Waals surface area (Å²) in [4.78, 5) is 3.91. The zero-order valence-electron chi connectivity index (χ0n) is 4.22. The van der Waals surface area contributed by atoms with E-state index in [0.29, 0.717) is 0 Å². The summed E-state index contributed by atoms with van der Waals surface area (Å²) >= 11 is 1.52. The van der Waals surface area contributed by atoms with Gasteiger partial charge >= 0.3 is 0 Å². The molecule has 0 aliphatic rings. The first-order valence-corrected chi connectivity index (χ1v) is 2.99. The van der Waals surface area contributed by atoms with E-state index in [1.165, 1.54) is 11.3 Å². The van der Waals surface area contributed by atoms with Gasteiger partial charge in [-0.3, -0.25) is 0 Å². The predicted octanol–water partition coefficient (Wildman–Crippen LogP) is 1.33. The molecule has 0 bridgehead atoms. The van der Waals surface area contributed by atoms with Crippen molar-refractivity contribution >= 4 is 11.3 Å². The Morgan fingerprint density at radius 3 is 3.12 bits per heavy atom. The Morgan fingerprint density at radius 2 is 2.62 bits per heavy atom. The average molecular weight is 122 g/mol. The van der Waals surface area contributed by atoms with Gasteiger partial charge in [-0.25, -0.2) is 4.98 Å². The highest BCUT2D eigenvalue weighted by Crippen LogP contribution is 1.99. The predicted molar refractivity (Wildman–Crippen MR) is 34.3 cm³/mol. The van der Waals surface area contributed by atoms with E-state index in [0.717, 1.165) is 5.01 Å². The smallest absolute Gasteiger partial charge is 0.166 e. The monoisotopic (exact) mass is 122 g/mol. The SMILES string of the molecule is [CH2]C#Cc1nccs1. The molecule has 0 fully saturated rings. The van der Waals surface area contributed by atoms with Crippen molar-refractivity contribution in [3.8, 4) is 11.8 Å². The minimum Gasteiger partial charge on any atom is -0.236 e. The van der Waals surface area contributed by atoms with Gasteiger partial charge in [-0.15, -0.1) is 11.3 Å². The van der Waals surface area contributed by atoms with Crippen LogP contribution in [-0.4, -0.2) is 4.98 Å². The van der Waals surface area contributed by atoms with Gasteiger partial charge in [0, 0.05) is 18.5 Å². The molecule has 0 saturated heterocycles. The maximum absolute atomic E-state index is 3.91. The average Bonchev–Trinajstić information content (AvgIpc) is 2.19. The first kappa shape index (κ1) is 5.33. The lowest BCUT2D eigenvalue weighted by Gasteiger charge is -1.68. The summed E-state index contributed by atoms with van der Waals surface area (Å²) in [5.41, 5.74) is 0. The molecular formula is C6H4NS. The van der Waals surface area contributed by atoms with Crippen LogP contribution in [0.15, 0.2) is 11.6 Å². The summed E-state index contributed by atoms with van der Waals surface area (Å²) in [6.07, 6.45) is 1.73. The van der Waals surface area contributed by atoms with Crippen LogP contribution in [0.25, 0.3) is 0 Å². The van der Waals surface area contributed by atoms with Crippen LogP contribution in [0.3, 0.4) is 0 Å². The zero-order valence-corrected chi connectivity index (χ0v) is 5.03. The maximum Gasteiger partial charge on any atom is 0.166 e. The standard InChI is InChI=1S/C6H4NS/c1-2-3-6-7-4-5-8-6/h4-5H,1H2. The van der Waals surface area contributed by atoms with Crippen LogP contribution in [-0.2, 0) is 0 Å². The second-order valence-electron chi connectivity index (χ2n) is 1.14. The topological polar surface area (TPSA) is 12.9 Å². The van der Waals surface area contributed by atoms with Crippen LogP contribution in [0, 0.1) is 18.8 Å². The van der Waals surface area contributed by atoms with Crippen molar-refractivity contribution in [2.75, 3.05) is 0 Å². The minimum absolute atomic E-state index is 0.833. The van der Waals surface area contributed by atoms with E-state index in [1.807, 2.05) is 5.38 Å². The number of aromatic nitrogens is 1. The van der Waals surface area contributed by atoms with Crippen LogP contribution in [0.2, 0.25) is 0 Å². The first-order chi connectivity index (χ1) is 3.93. The van der Waals surface area contributed by atoms with Crippen LogP contribution in [0.4, 0.5) is 0 Å². The Kier molecular flexibility index (Phi) is 1.66. The van der Waals surface area contributed by atoms with E-state index in [-0.39, 0.29) is 0 Å².